The van der Waals surface area contributed by atoms with Gasteiger partial charge in [-0.3, -0.25) is 4.79 Å². The SMILES string of the molecule is CCC12CC1C(=O)O2. The fraction of sp³-hybridized carbons (Fsp3) is 0.833. The Morgan fingerprint density at radius 3 is 2.88 bits per heavy atom. The Kier molecular flexibility index (Phi) is 0.504. The van der Waals surface area contributed by atoms with E-state index in [0.29, 0.717) is 5.92 Å². The maximum absolute atomic E-state index is 10.4. The predicted molar refractivity (Wildman–Crippen MR) is 27.2 cm³/mol. The molecule has 8 heavy (non-hydrogen) atoms. The molecule has 0 aromatic rings. The number of hydrogen-bond donors (Lipinski definition) is 0. The summed E-state index contributed by atoms with van der Waals surface area (Å²) in [5.41, 5.74) is 0.0527. The minimum absolute atomic E-state index is 0.0202. The molecule has 1 saturated carbocycles. The zero-order chi connectivity index (χ0) is 5.78. The van der Waals surface area contributed by atoms with Gasteiger partial charge in [-0.2, -0.15) is 0 Å². The van der Waals surface area contributed by atoms with E-state index in [1.807, 2.05) is 0 Å². The van der Waals surface area contributed by atoms with Crippen LogP contribution >= 0.6 is 0 Å². The summed E-state index contributed by atoms with van der Waals surface area (Å²) in [5.74, 6) is 0.319. The van der Waals surface area contributed by atoms with E-state index in [-0.39, 0.29) is 11.6 Å². The lowest BCUT2D eigenvalue weighted by molar-refractivity contribution is -0.171. The highest BCUT2D eigenvalue weighted by Gasteiger charge is 2.70. The lowest BCUT2D eigenvalue weighted by Crippen LogP contribution is -2.34. The third-order valence-electron chi connectivity index (χ3n) is 2.21. The van der Waals surface area contributed by atoms with Gasteiger partial charge in [-0.1, -0.05) is 6.92 Å². The van der Waals surface area contributed by atoms with Gasteiger partial charge in [-0.15, -0.1) is 0 Å². The van der Waals surface area contributed by atoms with Gasteiger partial charge in [0.25, 0.3) is 0 Å². The third-order valence-corrected chi connectivity index (χ3v) is 2.21. The molecule has 1 aliphatic carbocycles. The first-order valence-corrected chi connectivity index (χ1v) is 3.01. The number of rotatable bonds is 1. The third kappa shape index (κ3) is 0.261. The standard InChI is InChI=1S/C6H8O2/c1-2-6-3-4(6)5(7)8-6/h4H,2-3H2,1H3. The molecule has 1 saturated heterocycles. The molecule has 2 heteroatoms. The Balaban J connectivity index is 2.12. The molecule has 0 N–H and O–H groups in total. The van der Waals surface area contributed by atoms with Crippen LogP contribution in [0.5, 0.6) is 0 Å². The van der Waals surface area contributed by atoms with Gasteiger partial charge in [-0.25, -0.2) is 0 Å². The zero-order valence-corrected chi connectivity index (χ0v) is 4.81. The van der Waals surface area contributed by atoms with Crippen molar-refractivity contribution in [2.75, 3.05) is 0 Å². The molecule has 2 rings (SSSR count). The summed E-state index contributed by atoms with van der Waals surface area (Å²) in [4.78, 5) is 10.4. The molecular weight excluding hydrogens is 104 g/mol. The summed E-state index contributed by atoms with van der Waals surface area (Å²) in [5, 5.41) is 0. The summed E-state index contributed by atoms with van der Waals surface area (Å²) in [6.45, 7) is 2.06. The second kappa shape index (κ2) is 0.925. The van der Waals surface area contributed by atoms with Crippen LogP contribution in [0.2, 0.25) is 0 Å². The van der Waals surface area contributed by atoms with E-state index in [1.165, 1.54) is 0 Å². The van der Waals surface area contributed by atoms with Gasteiger partial charge in [0.2, 0.25) is 0 Å². The van der Waals surface area contributed by atoms with Crippen molar-refractivity contribution in [2.24, 2.45) is 5.92 Å². The molecule has 44 valence electrons. The van der Waals surface area contributed by atoms with Crippen LogP contribution < -0.4 is 0 Å². The van der Waals surface area contributed by atoms with Gasteiger partial charge in [0, 0.05) is 6.42 Å². The van der Waals surface area contributed by atoms with E-state index >= 15 is 0 Å². The van der Waals surface area contributed by atoms with E-state index in [0.717, 1.165) is 12.8 Å². The minimum Gasteiger partial charge on any atom is -0.458 e. The average Bonchev–Trinajstić information content (AvgIpc) is 2.36. The van der Waals surface area contributed by atoms with Crippen LogP contribution in [0, 0.1) is 5.92 Å². The van der Waals surface area contributed by atoms with Gasteiger partial charge < -0.3 is 4.74 Å². The molecule has 0 bridgehead atoms. The van der Waals surface area contributed by atoms with Crippen molar-refractivity contribution in [3.05, 3.63) is 0 Å². The number of hydrogen-bond acceptors (Lipinski definition) is 2. The number of esters is 1. The van der Waals surface area contributed by atoms with Gasteiger partial charge in [-0.05, 0) is 6.42 Å². The zero-order valence-electron chi connectivity index (χ0n) is 4.81. The quantitative estimate of drug-likeness (QED) is 0.467. The van der Waals surface area contributed by atoms with Gasteiger partial charge in [0.15, 0.2) is 0 Å². The van der Waals surface area contributed by atoms with Crippen LogP contribution in [-0.2, 0) is 9.53 Å². The molecule has 0 radical (unpaired) electrons. The minimum atomic E-state index is 0.0202. The monoisotopic (exact) mass is 112 g/mol. The first-order chi connectivity index (χ1) is 3.78. The van der Waals surface area contributed by atoms with E-state index in [1.54, 1.807) is 0 Å². The molecule has 2 nitrogen and oxygen atoms in total. The molecular formula is C6H8O2. The van der Waals surface area contributed by atoms with Crippen molar-refractivity contribution < 1.29 is 9.53 Å². The molecule has 2 fully saturated rings. The Bertz CT molecular complexity index is 153. The normalized spacial score (nSPS) is 49.1. The van der Waals surface area contributed by atoms with Crippen LogP contribution in [0.25, 0.3) is 0 Å². The van der Waals surface area contributed by atoms with E-state index in [2.05, 4.69) is 6.92 Å². The molecule has 0 spiro atoms. The summed E-state index contributed by atoms with van der Waals surface area (Å²) >= 11 is 0. The Morgan fingerprint density at radius 2 is 2.75 bits per heavy atom. The number of carbonyl (C=O) groups excluding carboxylic acids is 1. The van der Waals surface area contributed by atoms with Gasteiger partial charge >= 0.3 is 5.97 Å². The summed E-state index contributed by atoms with van der Waals surface area (Å²) in [6.07, 6.45) is 1.99. The van der Waals surface area contributed by atoms with E-state index < -0.39 is 0 Å². The summed E-state index contributed by atoms with van der Waals surface area (Å²) < 4.78 is 4.91. The molecule has 0 amide bonds. The highest BCUT2D eigenvalue weighted by molar-refractivity contribution is 5.85. The topological polar surface area (TPSA) is 26.3 Å². The molecule has 0 aromatic carbocycles. The Hall–Kier alpha value is -0.530. The van der Waals surface area contributed by atoms with E-state index in [4.69, 9.17) is 4.74 Å². The molecule has 1 heterocycles. The van der Waals surface area contributed by atoms with Gasteiger partial charge in [0.05, 0.1) is 0 Å². The highest BCUT2D eigenvalue weighted by Crippen LogP contribution is 2.58. The van der Waals surface area contributed by atoms with Crippen molar-refractivity contribution in [3.8, 4) is 0 Å². The average molecular weight is 112 g/mol. The van der Waals surface area contributed by atoms with Crippen LogP contribution in [0.3, 0.4) is 0 Å². The van der Waals surface area contributed by atoms with Crippen LogP contribution in [-0.4, -0.2) is 11.6 Å². The lowest BCUT2D eigenvalue weighted by atomic mass is 10.1. The largest absolute Gasteiger partial charge is 0.458 e. The fourth-order valence-corrected chi connectivity index (χ4v) is 1.37. The number of carbonyl (C=O) groups is 1. The van der Waals surface area contributed by atoms with Crippen LogP contribution in [0.15, 0.2) is 0 Å². The predicted octanol–water partition coefficient (Wildman–Crippen LogP) is 0.712. The van der Waals surface area contributed by atoms with Crippen molar-refractivity contribution >= 4 is 5.97 Å². The van der Waals surface area contributed by atoms with Crippen LogP contribution in [0.4, 0.5) is 0 Å². The molecule has 0 aromatic heterocycles. The first-order valence-electron chi connectivity index (χ1n) is 3.01. The number of fused-ring (bicyclic) bond motifs is 1. The molecule has 2 atom stereocenters. The molecule has 2 aliphatic rings. The molecule has 1 aliphatic heterocycles. The van der Waals surface area contributed by atoms with E-state index in [9.17, 15) is 4.79 Å². The van der Waals surface area contributed by atoms with Crippen molar-refractivity contribution in [1.29, 1.82) is 0 Å². The smallest absolute Gasteiger partial charge is 0.313 e. The Morgan fingerprint density at radius 1 is 2.00 bits per heavy atom. The maximum Gasteiger partial charge on any atom is 0.313 e. The lowest BCUT2D eigenvalue weighted by Gasteiger charge is -2.23. The maximum atomic E-state index is 10.4. The highest BCUT2D eigenvalue weighted by atomic mass is 16.6. The fourth-order valence-electron chi connectivity index (χ4n) is 1.37. The van der Waals surface area contributed by atoms with Crippen molar-refractivity contribution in [3.63, 3.8) is 0 Å². The second-order valence-corrected chi connectivity index (χ2v) is 2.60. The summed E-state index contributed by atoms with van der Waals surface area (Å²) in [7, 11) is 0. The first kappa shape index (κ1) is 4.36. The molecule has 2 unspecified atom stereocenters. The second-order valence-electron chi connectivity index (χ2n) is 2.60. The number of ether oxygens (including phenoxy) is 1. The van der Waals surface area contributed by atoms with Crippen molar-refractivity contribution in [1.82, 2.24) is 0 Å². The van der Waals surface area contributed by atoms with Crippen LogP contribution in [0.1, 0.15) is 19.8 Å². The summed E-state index contributed by atoms with van der Waals surface area (Å²) in [6, 6.07) is 0. The van der Waals surface area contributed by atoms with Crippen molar-refractivity contribution in [2.45, 2.75) is 25.4 Å². The van der Waals surface area contributed by atoms with Gasteiger partial charge in [0.1, 0.15) is 11.5 Å². The Labute approximate surface area is 47.8 Å².